The number of hydrogen-bond acceptors (Lipinski definition) is 2. The van der Waals surface area contributed by atoms with Gasteiger partial charge in [0, 0.05) is 6.54 Å². The molecule has 1 heterocycles. The fraction of sp³-hybridized carbons (Fsp3) is 0.500. The molecule has 3 heteroatoms. The average molecular weight is 243 g/mol. The van der Waals surface area contributed by atoms with Gasteiger partial charge >= 0.3 is 0 Å². The first-order valence-electron chi connectivity index (χ1n) is 4.45. The van der Waals surface area contributed by atoms with Gasteiger partial charge in [-0.1, -0.05) is 13.8 Å². The van der Waals surface area contributed by atoms with E-state index in [2.05, 4.69) is 46.1 Å². The second-order valence-corrected chi connectivity index (χ2v) is 4.36. The summed E-state index contributed by atoms with van der Waals surface area (Å²) < 4.78 is 0.919. The van der Waals surface area contributed by atoms with Gasteiger partial charge in [-0.3, -0.25) is 0 Å². The SMILES string of the molecule is Cc1cc(NCC(C)C)cnc1Br. The predicted octanol–water partition coefficient (Wildman–Crippen LogP) is 3.22. The summed E-state index contributed by atoms with van der Waals surface area (Å²) in [6, 6.07) is 2.10. The smallest absolute Gasteiger partial charge is 0.109 e. The van der Waals surface area contributed by atoms with E-state index in [1.807, 2.05) is 13.1 Å². The maximum atomic E-state index is 4.21. The number of nitrogens with zero attached hydrogens (tertiary/aromatic N) is 1. The van der Waals surface area contributed by atoms with Gasteiger partial charge in [-0.15, -0.1) is 0 Å². The van der Waals surface area contributed by atoms with Crippen LogP contribution < -0.4 is 5.32 Å². The molecule has 0 aromatic carbocycles. The van der Waals surface area contributed by atoms with E-state index >= 15 is 0 Å². The second-order valence-electron chi connectivity index (χ2n) is 3.61. The van der Waals surface area contributed by atoms with Gasteiger partial charge in [0.1, 0.15) is 4.60 Å². The first-order chi connectivity index (χ1) is 6.09. The highest BCUT2D eigenvalue weighted by molar-refractivity contribution is 9.10. The minimum absolute atomic E-state index is 0.656. The third-order valence-corrected chi connectivity index (χ3v) is 2.56. The van der Waals surface area contributed by atoms with Crippen molar-refractivity contribution in [1.29, 1.82) is 0 Å². The summed E-state index contributed by atoms with van der Waals surface area (Å²) in [7, 11) is 0. The van der Waals surface area contributed by atoms with Crippen LogP contribution in [0.3, 0.4) is 0 Å². The number of halogens is 1. The molecule has 1 rings (SSSR count). The van der Waals surface area contributed by atoms with E-state index in [-0.39, 0.29) is 0 Å². The fourth-order valence-electron chi connectivity index (χ4n) is 0.977. The van der Waals surface area contributed by atoms with Gasteiger partial charge in [0.15, 0.2) is 0 Å². The van der Waals surface area contributed by atoms with Crippen molar-refractivity contribution in [2.24, 2.45) is 5.92 Å². The zero-order valence-corrected chi connectivity index (χ0v) is 9.85. The summed E-state index contributed by atoms with van der Waals surface area (Å²) in [6.07, 6.45) is 1.85. The predicted molar refractivity (Wildman–Crippen MR) is 60.0 cm³/mol. The maximum Gasteiger partial charge on any atom is 0.109 e. The van der Waals surface area contributed by atoms with Crippen LogP contribution >= 0.6 is 15.9 Å². The number of aryl methyl sites for hydroxylation is 1. The minimum atomic E-state index is 0.656. The Labute approximate surface area is 87.9 Å². The summed E-state index contributed by atoms with van der Waals surface area (Å²) in [5.41, 5.74) is 2.25. The normalized spacial score (nSPS) is 10.5. The Bertz CT molecular complexity index is 284. The molecule has 0 bridgehead atoms. The number of rotatable bonds is 3. The quantitative estimate of drug-likeness (QED) is 0.824. The number of nitrogens with one attached hydrogen (secondary N) is 1. The molecule has 1 aromatic rings. The van der Waals surface area contributed by atoms with Gasteiger partial charge in [0.05, 0.1) is 11.9 Å². The molecular weight excluding hydrogens is 228 g/mol. The molecule has 13 heavy (non-hydrogen) atoms. The van der Waals surface area contributed by atoms with Crippen LogP contribution in [0.15, 0.2) is 16.9 Å². The first-order valence-corrected chi connectivity index (χ1v) is 5.25. The molecule has 0 aliphatic heterocycles. The molecule has 0 amide bonds. The van der Waals surface area contributed by atoms with E-state index in [0.29, 0.717) is 5.92 Å². The molecule has 1 N–H and O–H groups in total. The van der Waals surface area contributed by atoms with E-state index in [1.54, 1.807) is 0 Å². The van der Waals surface area contributed by atoms with Crippen LogP contribution in [0.2, 0.25) is 0 Å². The number of pyridine rings is 1. The van der Waals surface area contributed by atoms with Crippen LogP contribution in [0.1, 0.15) is 19.4 Å². The Morgan fingerprint density at radius 3 is 2.77 bits per heavy atom. The third kappa shape index (κ3) is 3.35. The first kappa shape index (κ1) is 10.5. The summed E-state index contributed by atoms with van der Waals surface area (Å²) >= 11 is 3.37. The summed E-state index contributed by atoms with van der Waals surface area (Å²) in [4.78, 5) is 4.21. The maximum absolute atomic E-state index is 4.21. The van der Waals surface area contributed by atoms with Crippen LogP contribution in [0.5, 0.6) is 0 Å². The number of anilines is 1. The van der Waals surface area contributed by atoms with E-state index in [0.717, 1.165) is 22.4 Å². The molecular formula is C10H15BrN2. The second kappa shape index (κ2) is 4.61. The molecule has 0 saturated heterocycles. The van der Waals surface area contributed by atoms with Crippen molar-refractivity contribution in [1.82, 2.24) is 4.98 Å². The lowest BCUT2D eigenvalue weighted by Gasteiger charge is -2.09. The molecule has 1 aromatic heterocycles. The molecule has 0 atom stereocenters. The van der Waals surface area contributed by atoms with Crippen molar-refractivity contribution in [3.05, 3.63) is 22.4 Å². The average Bonchev–Trinajstić information content (AvgIpc) is 2.07. The van der Waals surface area contributed by atoms with E-state index in [9.17, 15) is 0 Å². The highest BCUT2D eigenvalue weighted by Gasteiger charge is 1.98. The Balaban J connectivity index is 2.63. The van der Waals surface area contributed by atoms with Crippen molar-refractivity contribution >= 4 is 21.6 Å². The standard InChI is InChI=1S/C10H15BrN2/c1-7(2)5-12-9-4-8(3)10(11)13-6-9/h4,6-7,12H,5H2,1-3H3. The molecule has 0 saturated carbocycles. The van der Waals surface area contributed by atoms with Crippen LogP contribution in [0.4, 0.5) is 5.69 Å². The van der Waals surface area contributed by atoms with Gasteiger partial charge in [-0.05, 0) is 40.4 Å². The van der Waals surface area contributed by atoms with Crippen LogP contribution in [-0.2, 0) is 0 Å². The molecule has 0 aliphatic rings. The molecule has 0 spiro atoms. The van der Waals surface area contributed by atoms with E-state index in [1.165, 1.54) is 0 Å². The fourth-order valence-corrected chi connectivity index (χ4v) is 1.19. The molecule has 2 nitrogen and oxygen atoms in total. The topological polar surface area (TPSA) is 24.9 Å². The van der Waals surface area contributed by atoms with E-state index < -0.39 is 0 Å². The number of hydrogen-bond donors (Lipinski definition) is 1. The Morgan fingerprint density at radius 2 is 2.23 bits per heavy atom. The lowest BCUT2D eigenvalue weighted by atomic mass is 10.2. The molecule has 72 valence electrons. The lowest BCUT2D eigenvalue weighted by molar-refractivity contribution is 0.688. The van der Waals surface area contributed by atoms with Gasteiger partial charge in [-0.25, -0.2) is 4.98 Å². The molecule has 0 radical (unpaired) electrons. The largest absolute Gasteiger partial charge is 0.384 e. The van der Waals surface area contributed by atoms with E-state index in [4.69, 9.17) is 0 Å². The van der Waals surface area contributed by atoms with Crippen molar-refractivity contribution in [3.63, 3.8) is 0 Å². The van der Waals surface area contributed by atoms with Crippen molar-refractivity contribution in [3.8, 4) is 0 Å². The van der Waals surface area contributed by atoms with Crippen LogP contribution in [0.25, 0.3) is 0 Å². The van der Waals surface area contributed by atoms with Gasteiger partial charge in [0.2, 0.25) is 0 Å². The monoisotopic (exact) mass is 242 g/mol. The third-order valence-electron chi connectivity index (χ3n) is 1.73. The highest BCUT2D eigenvalue weighted by Crippen LogP contribution is 2.16. The van der Waals surface area contributed by atoms with Gasteiger partial charge in [0.25, 0.3) is 0 Å². The zero-order chi connectivity index (χ0) is 9.84. The van der Waals surface area contributed by atoms with Crippen molar-refractivity contribution in [2.75, 3.05) is 11.9 Å². The Hall–Kier alpha value is -0.570. The highest BCUT2D eigenvalue weighted by atomic mass is 79.9. The molecule has 0 unspecified atom stereocenters. The van der Waals surface area contributed by atoms with Crippen LogP contribution in [-0.4, -0.2) is 11.5 Å². The number of aromatic nitrogens is 1. The van der Waals surface area contributed by atoms with Crippen molar-refractivity contribution in [2.45, 2.75) is 20.8 Å². The van der Waals surface area contributed by atoms with Gasteiger partial charge in [-0.2, -0.15) is 0 Å². The Kier molecular flexibility index (Phi) is 3.72. The van der Waals surface area contributed by atoms with Crippen molar-refractivity contribution < 1.29 is 0 Å². The molecule has 0 aliphatic carbocycles. The summed E-state index contributed by atoms with van der Waals surface area (Å²) in [5.74, 6) is 0.656. The lowest BCUT2D eigenvalue weighted by Crippen LogP contribution is -2.08. The summed E-state index contributed by atoms with van der Waals surface area (Å²) in [5, 5.41) is 3.33. The zero-order valence-electron chi connectivity index (χ0n) is 8.26. The van der Waals surface area contributed by atoms with Gasteiger partial charge < -0.3 is 5.32 Å². The minimum Gasteiger partial charge on any atom is -0.384 e. The summed E-state index contributed by atoms with van der Waals surface area (Å²) in [6.45, 7) is 7.40. The van der Waals surface area contributed by atoms with Crippen LogP contribution in [0, 0.1) is 12.8 Å². The molecule has 0 fully saturated rings. The Morgan fingerprint density at radius 1 is 1.54 bits per heavy atom.